The zero-order chi connectivity index (χ0) is 29.8. The van der Waals surface area contributed by atoms with Crippen LogP contribution in [-0.2, 0) is 20.2 Å². The molecule has 0 unspecified atom stereocenters. The van der Waals surface area contributed by atoms with Gasteiger partial charge in [-0.15, -0.1) is 0 Å². The number of aliphatic hydroxyl groups excluding tert-OH is 1. The molecule has 0 aliphatic rings. The number of anilines is 4. The van der Waals surface area contributed by atoms with Crippen molar-refractivity contribution in [1.29, 1.82) is 0 Å². The van der Waals surface area contributed by atoms with E-state index in [1.165, 1.54) is 48.6 Å². The standard InChI is InChI=1S/C26H26N6O7S2/c1-32(15-16-33)26-30-24(29-25(31-26)28-19-8-3-2-4-9-19)20-14-13-18(23(22(20)27)41(37,38)39)12-11-17-7-5-6-10-21(17)40(34,35)36/h2-14,33H,15-16,27H2,1H3,(H,34,35,36)(H,37,38,39)(H,28,29,30,31). The van der Waals surface area contributed by atoms with Crippen LogP contribution in [0, 0.1) is 0 Å². The maximum absolute atomic E-state index is 12.5. The van der Waals surface area contributed by atoms with E-state index in [-0.39, 0.29) is 53.3 Å². The topological polar surface area (TPSA) is 209 Å². The molecule has 0 spiro atoms. The van der Waals surface area contributed by atoms with Gasteiger partial charge in [0.1, 0.15) is 9.79 Å². The van der Waals surface area contributed by atoms with Crippen LogP contribution < -0.4 is 16.0 Å². The first-order chi connectivity index (χ1) is 19.4. The number of nitrogens with one attached hydrogen (secondary N) is 1. The predicted octanol–water partition coefficient (Wildman–Crippen LogP) is 2.96. The van der Waals surface area contributed by atoms with Crippen molar-refractivity contribution in [2.75, 3.05) is 36.1 Å². The van der Waals surface area contributed by atoms with E-state index in [1.807, 2.05) is 6.07 Å². The molecule has 0 aliphatic heterocycles. The second kappa shape index (κ2) is 12.0. The van der Waals surface area contributed by atoms with Gasteiger partial charge in [-0.3, -0.25) is 9.11 Å². The van der Waals surface area contributed by atoms with E-state index in [0.717, 1.165) is 0 Å². The highest BCUT2D eigenvalue weighted by Crippen LogP contribution is 2.34. The van der Waals surface area contributed by atoms with Crippen LogP contribution in [-0.4, -0.2) is 66.2 Å². The Hall–Kier alpha value is -4.41. The first-order valence-corrected chi connectivity index (χ1v) is 14.8. The third kappa shape index (κ3) is 7.03. The van der Waals surface area contributed by atoms with E-state index >= 15 is 0 Å². The zero-order valence-electron chi connectivity index (χ0n) is 21.6. The maximum atomic E-state index is 12.5. The smallest absolute Gasteiger partial charge is 0.297 e. The molecule has 214 valence electrons. The van der Waals surface area contributed by atoms with Crippen molar-refractivity contribution < 1.29 is 31.0 Å². The Bertz CT molecular complexity index is 1820. The predicted molar refractivity (Wildman–Crippen MR) is 155 cm³/mol. The number of hydrogen-bond acceptors (Lipinski definition) is 11. The van der Waals surface area contributed by atoms with Crippen molar-refractivity contribution in [3.8, 4) is 11.4 Å². The van der Waals surface area contributed by atoms with Gasteiger partial charge in [-0.05, 0) is 35.4 Å². The van der Waals surface area contributed by atoms with Gasteiger partial charge in [0, 0.05) is 24.8 Å². The van der Waals surface area contributed by atoms with E-state index in [4.69, 9.17) is 5.73 Å². The molecule has 15 heteroatoms. The number of benzene rings is 3. The van der Waals surface area contributed by atoms with Crippen LogP contribution in [0.4, 0.5) is 23.3 Å². The lowest BCUT2D eigenvalue weighted by molar-refractivity contribution is 0.303. The number of aliphatic hydroxyl groups is 1. The first kappa shape index (κ1) is 29.6. The Labute approximate surface area is 236 Å². The minimum Gasteiger partial charge on any atom is -0.397 e. The van der Waals surface area contributed by atoms with Crippen LogP contribution in [0.3, 0.4) is 0 Å². The van der Waals surface area contributed by atoms with Crippen molar-refractivity contribution in [3.05, 3.63) is 77.9 Å². The fourth-order valence-electron chi connectivity index (χ4n) is 3.88. The minimum absolute atomic E-state index is 0.0205. The highest BCUT2D eigenvalue weighted by atomic mass is 32.2. The van der Waals surface area contributed by atoms with Crippen molar-refractivity contribution >= 4 is 55.7 Å². The number of rotatable bonds is 10. The van der Waals surface area contributed by atoms with Gasteiger partial charge in [-0.1, -0.05) is 54.6 Å². The molecular formula is C26H26N6O7S2. The summed E-state index contributed by atoms with van der Waals surface area (Å²) in [5.74, 6) is 0.244. The largest absolute Gasteiger partial charge is 0.397 e. The van der Waals surface area contributed by atoms with Gasteiger partial charge in [-0.2, -0.15) is 31.8 Å². The lowest BCUT2D eigenvalue weighted by Gasteiger charge is -2.18. The SMILES string of the molecule is CN(CCO)c1nc(Nc2ccccc2)nc(-c2ccc(C=Cc3ccccc3S(=O)(=O)O)c(S(=O)(=O)O)c2N)n1. The molecule has 0 bridgehead atoms. The quantitative estimate of drug-likeness (QED) is 0.101. The summed E-state index contributed by atoms with van der Waals surface area (Å²) in [7, 11) is -7.82. The fraction of sp³-hybridized carbons (Fsp3) is 0.115. The van der Waals surface area contributed by atoms with Crippen LogP contribution >= 0.6 is 0 Å². The molecule has 41 heavy (non-hydrogen) atoms. The summed E-state index contributed by atoms with van der Waals surface area (Å²) in [5.41, 5.74) is 6.64. The lowest BCUT2D eigenvalue weighted by Crippen LogP contribution is -2.24. The Morgan fingerprint density at radius 2 is 1.51 bits per heavy atom. The number of hydrogen-bond donors (Lipinski definition) is 5. The van der Waals surface area contributed by atoms with Crippen LogP contribution in [0.5, 0.6) is 0 Å². The summed E-state index contributed by atoms with van der Waals surface area (Å²) in [6.45, 7) is 0.00446. The molecule has 1 aromatic heterocycles. The monoisotopic (exact) mass is 598 g/mol. The van der Waals surface area contributed by atoms with Crippen LogP contribution in [0.1, 0.15) is 11.1 Å². The van der Waals surface area contributed by atoms with Gasteiger partial charge in [0.05, 0.1) is 12.3 Å². The highest BCUT2D eigenvalue weighted by Gasteiger charge is 2.24. The van der Waals surface area contributed by atoms with Crippen molar-refractivity contribution in [1.82, 2.24) is 15.0 Å². The van der Waals surface area contributed by atoms with E-state index in [0.29, 0.717) is 5.69 Å². The van der Waals surface area contributed by atoms with Crippen LogP contribution in [0.15, 0.2) is 76.5 Å². The molecule has 0 saturated heterocycles. The molecule has 13 nitrogen and oxygen atoms in total. The number of nitrogens with two attached hydrogens (primary N) is 1. The molecule has 0 radical (unpaired) electrons. The molecule has 4 aromatic rings. The van der Waals surface area contributed by atoms with Gasteiger partial charge >= 0.3 is 0 Å². The molecule has 0 fully saturated rings. The molecule has 3 aromatic carbocycles. The summed E-state index contributed by atoms with van der Waals surface area (Å²) in [4.78, 5) is 13.7. The van der Waals surface area contributed by atoms with E-state index < -0.39 is 30.0 Å². The average Bonchev–Trinajstić information content (AvgIpc) is 2.91. The summed E-state index contributed by atoms with van der Waals surface area (Å²) < 4.78 is 68.0. The fourth-order valence-corrected chi connectivity index (χ4v) is 5.38. The summed E-state index contributed by atoms with van der Waals surface area (Å²) in [5, 5.41) is 12.4. The molecule has 0 aliphatic carbocycles. The summed E-state index contributed by atoms with van der Waals surface area (Å²) in [6.07, 6.45) is 2.50. The molecule has 1 heterocycles. The first-order valence-electron chi connectivity index (χ1n) is 11.9. The highest BCUT2D eigenvalue weighted by molar-refractivity contribution is 7.86. The van der Waals surface area contributed by atoms with Crippen molar-refractivity contribution in [3.63, 3.8) is 0 Å². The Morgan fingerprint density at radius 1 is 0.854 bits per heavy atom. The molecule has 0 amide bonds. The second-order valence-electron chi connectivity index (χ2n) is 8.69. The normalized spacial score (nSPS) is 12.0. The van der Waals surface area contributed by atoms with E-state index in [9.17, 15) is 31.0 Å². The molecule has 0 saturated carbocycles. The minimum atomic E-state index is -4.91. The van der Waals surface area contributed by atoms with Crippen LogP contribution in [0.25, 0.3) is 23.5 Å². The second-order valence-corrected chi connectivity index (χ2v) is 11.4. The summed E-state index contributed by atoms with van der Waals surface area (Å²) >= 11 is 0. The third-order valence-electron chi connectivity index (χ3n) is 5.80. The third-order valence-corrected chi connectivity index (χ3v) is 7.69. The Kier molecular flexibility index (Phi) is 8.65. The number of para-hydroxylation sites is 1. The van der Waals surface area contributed by atoms with Gasteiger partial charge in [-0.25, -0.2) is 0 Å². The molecular weight excluding hydrogens is 572 g/mol. The van der Waals surface area contributed by atoms with E-state index in [1.54, 1.807) is 36.2 Å². The number of nitrogens with zero attached hydrogens (tertiary/aromatic N) is 4. The number of aromatic nitrogens is 3. The van der Waals surface area contributed by atoms with Gasteiger partial charge in [0.15, 0.2) is 5.82 Å². The van der Waals surface area contributed by atoms with Gasteiger partial charge in [0.25, 0.3) is 20.2 Å². The lowest BCUT2D eigenvalue weighted by atomic mass is 10.1. The average molecular weight is 599 g/mol. The summed E-state index contributed by atoms with van der Waals surface area (Å²) in [6, 6.07) is 17.3. The number of likely N-dealkylation sites (N-methyl/N-ethyl adjacent to an activating group) is 1. The molecule has 6 N–H and O–H groups in total. The molecule has 0 atom stereocenters. The molecule has 4 rings (SSSR count). The maximum Gasteiger partial charge on any atom is 0.297 e. The zero-order valence-corrected chi connectivity index (χ0v) is 23.2. The Balaban J connectivity index is 1.85. The number of nitrogen functional groups attached to an aromatic ring is 1. The Morgan fingerprint density at radius 3 is 2.17 bits per heavy atom. The van der Waals surface area contributed by atoms with Gasteiger partial charge in [0.2, 0.25) is 11.9 Å². The van der Waals surface area contributed by atoms with Crippen LogP contribution in [0.2, 0.25) is 0 Å². The van der Waals surface area contributed by atoms with E-state index in [2.05, 4.69) is 20.3 Å². The van der Waals surface area contributed by atoms with Crippen molar-refractivity contribution in [2.45, 2.75) is 9.79 Å². The van der Waals surface area contributed by atoms with Gasteiger partial charge < -0.3 is 21.1 Å². The van der Waals surface area contributed by atoms with Crippen molar-refractivity contribution in [2.24, 2.45) is 0 Å².